The Morgan fingerprint density at radius 3 is 2.57 bits per heavy atom. The summed E-state index contributed by atoms with van der Waals surface area (Å²) in [6.45, 7) is 4.43. The van der Waals surface area contributed by atoms with Crippen molar-refractivity contribution in [2.45, 2.75) is 38.1 Å². The molecule has 1 N–H and O–H groups in total. The number of aromatic nitrogens is 1. The molecule has 0 unspecified atom stereocenters. The zero-order valence-corrected chi connectivity index (χ0v) is 16.3. The van der Waals surface area contributed by atoms with Crippen LogP contribution in [-0.2, 0) is 9.59 Å². The van der Waals surface area contributed by atoms with Crippen LogP contribution in [0.15, 0.2) is 24.5 Å². The molecule has 3 aliphatic rings. The Labute approximate surface area is 164 Å². The summed E-state index contributed by atoms with van der Waals surface area (Å²) >= 11 is 0. The van der Waals surface area contributed by atoms with Gasteiger partial charge in [0.25, 0.3) is 5.91 Å². The van der Waals surface area contributed by atoms with Crippen LogP contribution in [0.5, 0.6) is 0 Å². The number of urea groups is 1. The average Bonchev–Trinajstić information content (AvgIpc) is 2.96. The summed E-state index contributed by atoms with van der Waals surface area (Å²) in [7, 11) is 0. The Balaban J connectivity index is 1.36. The van der Waals surface area contributed by atoms with Gasteiger partial charge >= 0.3 is 6.03 Å². The summed E-state index contributed by atoms with van der Waals surface area (Å²) in [6.07, 6.45) is 7.10. The van der Waals surface area contributed by atoms with E-state index in [1.54, 1.807) is 17.3 Å². The van der Waals surface area contributed by atoms with Crippen LogP contribution in [0.3, 0.4) is 0 Å². The third kappa shape index (κ3) is 3.21. The second-order valence-corrected chi connectivity index (χ2v) is 8.01. The van der Waals surface area contributed by atoms with Gasteiger partial charge in [0.2, 0.25) is 5.91 Å². The van der Waals surface area contributed by atoms with Crippen molar-refractivity contribution in [1.82, 2.24) is 20.1 Å². The average molecular weight is 385 g/mol. The first-order valence-electron chi connectivity index (χ1n) is 10.1. The summed E-state index contributed by atoms with van der Waals surface area (Å²) in [5.74, 6) is -0.298. The topological polar surface area (TPSA) is 85.8 Å². The van der Waals surface area contributed by atoms with Gasteiger partial charge in [-0.25, -0.2) is 4.79 Å². The number of nitrogens with one attached hydrogen (secondary N) is 1. The van der Waals surface area contributed by atoms with Gasteiger partial charge in [0.1, 0.15) is 12.1 Å². The van der Waals surface area contributed by atoms with Gasteiger partial charge < -0.3 is 15.1 Å². The van der Waals surface area contributed by atoms with E-state index in [0.29, 0.717) is 19.5 Å². The molecule has 4 amide bonds. The fourth-order valence-electron chi connectivity index (χ4n) is 4.64. The van der Waals surface area contributed by atoms with Crippen LogP contribution in [0.25, 0.3) is 0 Å². The number of piperazine rings is 1. The first-order chi connectivity index (χ1) is 13.5. The second-order valence-electron chi connectivity index (χ2n) is 8.01. The molecule has 1 aromatic rings. The van der Waals surface area contributed by atoms with E-state index < -0.39 is 11.6 Å². The Morgan fingerprint density at radius 1 is 1.18 bits per heavy atom. The number of anilines is 1. The van der Waals surface area contributed by atoms with Gasteiger partial charge in [0, 0.05) is 44.3 Å². The molecule has 2 aliphatic heterocycles. The molecule has 8 nitrogen and oxygen atoms in total. The lowest BCUT2D eigenvalue weighted by molar-refractivity contribution is -0.140. The second kappa shape index (κ2) is 7.41. The van der Waals surface area contributed by atoms with Crippen LogP contribution in [0.1, 0.15) is 32.6 Å². The van der Waals surface area contributed by atoms with Crippen molar-refractivity contribution in [3.63, 3.8) is 0 Å². The number of hydrogen-bond donors (Lipinski definition) is 1. The fourth-order valence-corrected chi connectivity index (χ4v) is 4.64. The van der Waals surface area contributed by atoms with Gasteiger partial charge in [-0.3, -0.25) is 19.5 Å². The zero-order valence-electron chi connectivity index (χ0n) is 16.3. The molecular formula is C20H27N5O3. The largest absolute Gasteiger partial charge is 0.368 e. The number of amides is 4. The van der Waals surface area contributed by atoms with Crippen molar-refractivity contribution in [1.29, 1.82) is 0 Å². The van der Waals surface area contributed by atoms with Crippen molar-refractivity contribution in [2.24, 2.45) is 5.92 Å². The number of carbonyl (C=O) groups is 3. The molecule has 3 heterocycles. The Kier molecular flexibility index (Phi) is 4.95. The smallest absolute Gasteiger partial charge is 0.325 e. The van der Waals surface area contributed by atoms with E-state index >= 15 is 0 Å². The number of imide groups is 1. The fraction of sp³-hybridized carbons (Fsp3) is 0.600. The molecule has 1 saturated carbocycles. The maximum Gasteiger partial charge on any atom is 0.325 e. The van der Waals surface area contributed by atoms with Gasteiger partial charge in [-0.05, 0) is 30.9 Å². The summed E-state index contributed by atoms with van der Waals surface area (Å²) in [4.78, 5) is 47.4. The normalized spacial score (nSPS) is 28.0. The highest BCUT2D eigenvalue weighted by Crippen LogP contribution is 2.38. The summed E-state index contributed by atoms with van der Waals surface area (Å²) in [5.41, 5.74) is 0.278. The van der Waals surface area contributed by atoms with E-state index in [-0.39, 0.29) is 24.3 Å². The minimum absolute atomic E-state index is 0.0988. The molecule has 0 radical (unpaired) electrons. The molecule has 3 fully saturated rings. The lowest BCUT2D eigenvalue weighted by Gasteiger charge is -2.37. The lowest BCUT2D eigenvalue weighted by Crippen LogP contribution is -2.55. The van der Waals surface area contributed by atoms with Crippen molar-refractivity contribution in [2.75, 3.05) is 37.6 Å². The molecule has 8 heteroatoms. The molecule has 28 heavy (non-hydrogen) atoms. The van der Waals surface area contributed by atoms with Crippen LogP contribution in [-0.4, -0.2) is 70.9 Å². The number of nitrogens with zero attached hydrogens (tertiary/aromatic N) is 4. The van der Waals surface area contributed by atoms with Crippen LogP contribution in [0.4, 0.5) is 10.5 Å². The molecule has 1 aliphatic carbocycles. The summed E-state index contributed by atoms with van der Waals surface area (Å²) in [5, 5.41) is 2.91. The quantitative estimate of drug-likeness (QED) is 0.791. The highest BCUT2D eigenvalue weighted by Gasteiger charge is 2.55. The molecular weight excluding hydrogens is 358 g/mol. The van der Waals surface area contributed by atoms with E-state index in [9.17, 15) is 14.4 Å². The van der Waals surface area contributed by atoms with Crippen molar-refractivity contribution < 1.29 is 14.4 Å². The Hall–Kier alpha value is -2.64. The van der Waals surface area contributed by atoms with E-state index in [4.69, 9.17) is 0 Å². The summed E-state index contributed by atoms with van der Waals surface area (Å²) in [6, 6.07) is 3.48. The molecule has 1 spiro atoms. The SMILES string of the molecule is C[C@H]1CCCC[C@@]12NC(=O)N(CC(=O)N1CCN(c3ccncc3)CC1)C2=O. The minimum atomic E-state index is -0.810. The van der Waals surface area contributed by atoms with Gasteiger partial charge in [0.15, 0.2) is 0 Å². The van der Waals surface area contributed by atoms with Gasteiger partial charge in [-0.2, -0.15) is 0 Å². The van der Waals surface area contributed by atoms with E-state index in [2.05, 4.69) is 15.2 Å². The molecule has 0 bridgehead atoms. The zero-order chi connectivity index (χ0) is 19.7. The lowest BCUT2D eigenvalue weighted by atomic mass is 9.73. The Bertz CT molecular complexity index is 762. The van der Waals surface area contributed by atoms with Gasteiger partial charge in [-0.1, -0.05) is 19.8 Å². The van der Waals surface area contributed by atoms with E-state index in [0.717, 1.165) is 42.9 Å². The number of pyridine rings is 1. The Morgan fingerprint density at radius 2 is 1.89 bits per heavy atom. The van der Waals surface area contributed by atoms with Gasteiger partial charge in [0.05, 0.1) is 0 Å². The highest BCUT2D eigenvalue weighted by molar-refractivity contribution is 6.09. The highest BCUT2D eigenvalue weighted by atomic mass is 16.2. The van der Waals surface area contributed by atoms with Crippen molar-refractivity contribution in [3.8, 4) is 0 Å². The molecule has 150 valence electrons. The summed E-state index contributed by atoms with van der Waals surface area (Å²) < 4.78 is 0. The minimum Gasteiger partial charge on any atom is -0.368 e. The molecule has 4 rings (SSSR count). The predicted molar refractivity (Wildman–Crippen MR) is 104 cm³/mol. The van der Waals surface area contributed by atoms with E-state index in [1.165, 1.54) is 0 Å². The number of rotatable bonds is 3. The first-order valence-corrected chi connectivity index (χ1v) is 10.1. The molecule has 0 aromatic carbocycles. The van der Waals surface area contributed by atoms with Crippen molar-refractivity contribution in [3.05, 3.63) is 24.5 Å². The van der Waals surface area contributed by atoms with Crippen LogP contribution in [0, 0.1) is 5.92 Å². The maximum atomic E-state index is 13.0. The predicted octanol–water partition coefficient (Wildman–Crippen LogP) is 1.23. The molecule has 2 saturated heterocycles. The van der Waals surface area contributed by atoms with Crippen LogP contribution >= 0.6 is 0 Å². The molecule has 1 aromatic heterocycles. The van der Waals surface area contributed by atoms with Crippen molar-refractivity contribution >= 4 is 23.5 Å². The van der Waals surface area contributed by atoms with Gasteiger partial charge in [-0.15, -0.1) is 0 Å². The number of carbonyl (C=O) groups excluding carboxylic acids is 3. The maximum absolute atomic E-state index is 13.0. The van der Waals surface area contributed by atoms with E-state index in [1.807, 2.05) is 19.1 Å². The number of hydrogen-bond acceptors (Lipinski definition) is 5. The first kappa shape index (κ1) is 18.7. The standard InChI is InChI=1S/C20H27N5O3/c1-15-4-2-3-7-20(15)18(27)25(19(28)22-20)14-17(26)24-12-10-23(11-13-24)16-5-8-21-9-6-16/h5-6,8-9,15H,2-4,7,10-14H2,1H3,(H,22,28)/t15-,20+/m0/s1. The molecule has 2 atom stereocenters. The van der Waals surface area contributed by atoms with Crippen LogP contribution < -0.4 is 10.2 Å². The monoisotopic (exact) mass is 385 g/mol. The third-order valence-electron chi connectivity index (χ3n) is 6.46. The third-order valence-corrected chi connectivity index (χ3v) is 6.46. The van der Waals surface area contributed by atoms with Crippen LogP contribution in [0.2, 0.25) is 0 Å².